The second kappa shape index (κ2) is 10.4. The second-order valence-corrected chi connectivity index (χ2v) is 7.68. The molecule has 1 N–H and O–H groups in total. The van der Waals surface area contributed by atoms with Crippen LogP contribution < -0.4 is 5.32 Å². The summed E-state index contributed by atoms with van der Waals surface area (Å²) >= 11 is 7.98. The van der Waals surface area contributed by atoms with Crippen LogP contribution in [0.3, 0.4) is 0 Å². The lowest BCUT2D eigenvalue weighted by Gasteiger charge is -2.12. The predicted octanol–water partition coefficient (Wildman–Crippen LogP) is 5.82. The molecule has 5 heteroatoms. The van der Waals surface area contributed by atoms with Gasteiger partial charge in [0.1, 0.15) is 5.69 Å². The summed E-state index contributed by atoms with van der Waals surface area (Å²) in [6, 6.07) is 15.3. The van der Waals surface area contributed by atoms with Crippen molar-refractivity contribution in [1.29, 1.82) is 0 Å². The molecule has 0 unspecified atom stereocenters. The molecule has 2 aromatic rings. The highest BCUT2D eigenvalue weighted by molar-refractivity contribution is 8.13. The molecule has 0 spiro atoms. The number of nitrogens with zero attached hydrogens (tertiary/aromatic N) is 1. The topological polar surface area (TPSA) is 32.1 Å². The smallest absolute Gasteiger partial charge is 0.241 e. The van der Waals surface area contributed by atoms with Crippen LogP contribution in [0.5, 0.6) is 0 Å². The highest BCUT2D eigenvalue weighted by Crippen LogP contribution is 2.24. The van der Waals surface area contributed by atoms with E-state index >= 15 is 0 Å². The molecule has 0 saturated carbocycles. The van der Waals surface area contributed by atoms with Crippen LogP contribution in [0.15, 0.2) is 48.5 Å². The van der Waals surface area contributed by atoms with E-state index in [2.05, 4.69) is 19.2 Å². The number of hydrogen-bond donors (Lipinski definition) is 1. The van der Waals surface area contributed by atoms with Crippen LogP contribution in [-0.2, 0) is 0 Å². The zero-order chi connectivity index (χ0) is 18.9. The van der Waals surface area contributed by atoms with Gasteiger partial charge in [0.05, 0.1) is 17.1 Å². The van der Waals surface area contributed by atoms with E-state index in [9.17, 15) is 4.79 Å². The summed E-state index contributed by atoms with van der Waals surface area (Å²) in [6.07, 6.45) is 1.96. The van der Waals surface area contributed by atoms with Gasteiger partial charge in [-0.2, -0.15) is 4.58 Å². The van der Waals surface area contributed by atoms with E-state index in [4.69, 9.17) is 11.6 Å². The van der Waals surface area contributed by atoms with Crippen LogP contribution in [0, 0.1) is 6.92 Å². The third kappa shape index (κ3) is 5.61. The summed E-state index contributed by atoms with van der Waals surface area (Å²) < 4.78 is 1.84. The molecule has 0 radical (unpaired) electrons. The number of amides is 1. The van der Waals surface area contributed by atoms with Crippen molar-refractivity contribution >= 4 is 40.1 Å². The number of carbonyl (C=O) groups excluding carboxylic acids is 1. The van der Waals surface area contributed by atoms with E-state index in [0.717, 1.165) is 35.0 Å². The number of halogens is 1. The first-order chi connectivity index (χ1) is 12.6. The van der Waals surface area contributed by atoms with Crippen LogP contribution in [0.4, 0.5) is 5.69 Å². The first-order valence-corrected chi connectivity index (χ1v) is 10.3. The van der Waals surface area contributed by atoms with Gasteiger partial charge in [-0.3, -0.25) is 0 Å². The monoisotopic (exact) mass is 389 g/mol. The van der Waals surface area contributed by atoms with Crippen molar-refractivity contribution in [2.75, 3.05) is 17.6 Å². The van der Waals surface area contributed by atoms with Gasteiger partial charge in [0, 0.05) is 5.75 Å². The first-order valence-electron chi connectivity index (χ1n) is 8.96. The molecule has 0 aliphatic carbocycles. The third-order valence-corrected chi connectivity index (χ3v) is 5.10. The van der Waals surface area contributed by atoms with Gasteiger partial charge < -0.3 is 0 Å². The number of carbonyl (C=O) groups is 1. The second-order valence-electron chi connectivity index (χ2n) is 6.02. The highest BCUT2D eigenvalue weighted by atomic mass is 35.5. The Morgan fingerprint density at radius 3 is 2.54 bits per heavy atom. The summed E-state index contributed by atoms with van der Waals surface area (Å²) in [6.45, 7) is 6.90. The Morgan fingerprint density at radius 1 is 1.15 bits per heavy atom. The Hall–Kier alpha value is -1.78. The average molecular weight is 390 g/mol. The molecule has 0 aromatic heterocycles. The van der Waals surface area contributed by atoms with Crippen molar-refractivity contribution in [1.82, 2.24) is 0 Å². The molecule has 0 fully saturated rings. The van der Waals surface area contributed by atoms with E-state index in [1.807, 2.05) is 60.0 Å². The lowest BCUT2D eigenvalue weighted by atomic mass is 10.2. The summed E-state index contributed by atoms with van der Waals surface area (Å²) in [7, 11) is 0. The number of hydrogen-bond acceptors (Lipinski definition) is 2. The molecule has 0 heterocycles. The van der Waals surface area contributed by atoms with Gasteiger partial charge in [-0.05, 0) is 54.9 Å². The van der Waals surface area contributed by atoms with Gasteiger partial charge in [0.25, 0.3) is 0 Å². The van der Waals surface area contributed by atoms with E-state index < -0.39 is 0 Å². The number of rotatable bonds is 6. The van der Waals surface area contributed by atoms with Crippen molar-refractivity contribution < 1.29 is 9.37 Å². The molecule has 0 bridgehead atoms. The van der Waals surface area contributed by atoms with Gasteiger partial charge in [0.15, 0.2) is 0 Å². The maximum absolute atomic E-state index is 13.1. The fourth-order valence-electron chi connectivity index (χ4n) is 2.52. The normalized spacial score (nSPS) is 11.8. The number of aryl methyl sites for hydroxylation is 1. The Kier molecular flexibility index (Phi) is 8.20. The van der Waals surface area contributed by atoms with Crippen LogP contribution in [0.1, 0.15) is 42.6 Å². The van der Waals surface area contributed by atoms with Gasteiger partial charge in [0.2, 0.25) is 0 Å². The van der Waals surface area contributed by atoms with E-state index in [0.29, 0.717) is 17.1 Å². The number of thioether (sulfide) groups is 1. The lowest BCUT2D eigenvalue weighted by molar-refractivity contribution is -0.426. The fraction of sp³-hybridized carbons (Fsp3) is 0.333. The lowest BCUT2D eigenvalue weighted by Crippen LogP contribution is -2.32. The van der Waals surface area contributed by atoms with Crippen molar-refractivity contribution in [3.05, 3.63) is 64.7 Å². The molecule has 0 saturated heterocycles. The van der Waals surface area contributed by atoms with E-state index in [1.54, 1.807) is 11.8 Å². The highest BCUT2D eigenvalue weighted by Gasteiger charge is 2.23. The minimum atomic E-state index is 0.00581. The number of nitrogens with one attached hydrogen (secondary N) is 1. The standard InChI is InChI=1S/C21H25ClN2OS/c1-4-6-14-24(20(25)17-10-8-7-9-11-17)21(26-5-2)23-19-15-16(3)12-13-18(19)22/h7-13,15H,4-6,14H2,1-3H3/p+1. The summed E-state index contributed by atoms with van der Waals surface area (Å²) in [5.41, 5.74) is 2.63. The molecular weight excluding hydrogens is 364 g/mol. The van der Waals surface area contributed by atoms with Crippen LogP contribution in [0.25, 0.3) is 0 Å². The number of unbranched alkanes of at least 4 members (excludes halogenated alkanes) is 1. The number of anilines is 1. The average Bonchev–Trinajstić information content (AvgIpc) is 2.65. The molecule has 0 atom stereocenters. The Balaban J connectivity index is 2.46. The van der Waals surface area contributed by atoms with Crippen molar-refractivity contribution in [3.8, 4) is 0 Å². The van der Waals surface area contributed by atoms with Crippen molar-refractivity contribution in [2.45, 2.75) is 33.6 Å². The summed E-state index contributed by atoms with van der Waals surface area (Å²) in [5.74, 6) is 0.863. The largest absolute Gasteiger partial charge is 0.341 e. The Morgan fingerprint density at radius 2 is 1.88 bits per heavy atom. The minimum absolute atomic E-state index is 0.00581. The molecule has 26 heavy (non-hydrogen) atoms. The molecule has 0 aliphatic heterocycles. The van der Waals surface area contributed by atoms with Gasteiger partial charge in [-0.25, -0.2) is 10.1 Å². The molecule has 0 aliphatic rings. The quantitative estimate of drug-likeness (QED) is 0.383. The predicted molar refractivity (Wildman–Crippen MR) is 114 cm³/mol. The van der Waals surface area contributed by atoms with Gasteiger partial charge >= 0.3 is 11.1 Å². The van der Waals surface area contributed by atoms with Crippen LogP contribution in [0.2, 0.25) is 5.02 Å². The zero-order valence-corrected chi connectivity index (χ0v) is 17.2. The van der Waals surface area contributed by atoms with E-state index in [1.165, 1.54) is 0 Å². The van der Waals surface area contributed by atoms with Crippen molar-refractivity contribution in [2.24, 2.45) is 0 Å². The summed E-state index contributed by atoms with van der Waals surface area (Å²) in [5, 5.41) is 4.87. The maximum Gasteiger partial charge on any atom is 0.341 e. The van der Waals surface area contributed by atoms with Gasteiger partial charge in [-0.15, -0.1) is 0 Å². The summed E-state index contributed by atoms with van der Waals surface area (Å²) in [4.78, 5) is 13.1. The maximum atomic E-state index is 13.1. The molecule has 3 nitrogen and oxygen atoms in total. The van der Waals surface area contributed by atoms with Crippen LogP contribution >= 0.6 is 23.4 Å². The minimum Gasteiger partial charge on any atom is -0.241 e. The van der Waals surface area contributed by atoms with Crippen molar-refractivity contribution in [3.63, 3.8) is 0 Å². The Labute approximate surface area is 165 Å². The molecule has 2 rings (SSSR count). The SMILES string of the molecule is CCCC[N+](C(=O)c1ccccc1)=C(Nc1cc(C)ccc1Cl)SCC. The Bertz CT molecular complexity index is 775. The van der Waals surface area contributed by atoms with E-state index in [-0.39, 0.29) is 5.91 Å². The fourth-order valence-corrected chi connectivity index (χ4v) is 3.47. The molecule has 138 valence electrons. The van der Waals surface area contributed by atoms with Gasteiger partial charge in [-0.1, -0.05) is 56.1 Å². The van der Waals surface area contributed by atoms with Crippen LogP contribution in [-0.4, -0.2) is 27.9 Å². The zero-order valence-electron chi connectivity index (χ0n) is 15.6. The number of benzene rings is 2. The first kappa shape index (κ1) is 20.5. The molecule has 2 aromatic carbocycles. The molecular formula is C21H26ClN2OS+. The molecule has 1 amide bonds. The third-order valence-electron chi connectivity index (χ3n) is 3.89. The number of amidine groups is 1.